The lowest BCUT2D eigenvalue weighted by Gasteiger charge is -1.96. The Labute approximate surface area is 66.2 Å². The van der Waals surface area contributed by atoms with Gasteiger partial charge in [0.15, 0.2) is 0 Å². The molecule has 0 fully saturated rings. The van der Waals surface area contributed by atoms with E-state index in [1.54, 1.807) is 6.92 Å². The van der Waals surface area contributed by atoms with E-state index < -0.39 is 0 Å². The molecule has 4 heteroatoms. The summed E-state index contributed by atoms with van der Waals surface area (Å²) in [7, 11) is 0. The Kier molecular flexibility index (Phi) is 13.7. The Bertz CT molecular complexity index is 92.6. The Morgan fingerprint density at radius 3 is 2.36 bits per heavy atom. The third-order valence-electron chi connectivity index (χ3n) is 0.621. The molecular weight excluding hydrogens is 148 g/mol. The number of esters is 1. The van der Waals surface area contributed by atoms with E-state index in [2.05, 4.69) is 4.74 Å². The highest BCUT2D eigenvalue weighted by atomic mass is 16.5. The Balaban J connectivity index is 0. The van der Waals surface area contributed by atoms with Gasteiger partial charge in [-0.05, 0) is 13.8 Å². The molecule has 0 aliphatic heterocycles. The van der Waals surface area contributed by atoms with Crippen molar-refractivity contribution < 1.29 is 19.4 Å². The zero-order chi connectivity index (χ0) is 9.11. The van der Waals surface area contributed by atoms with Crippen LogP contribution in [0.25, 0.3) is 0 Å². The van der Waals surface area contributed by atoms with E-state index in [0.29, 0.717) is 6.61 Å². The topological polar surface area (TPSA) is 63.6 Å². The summed E-state index contributed by atoms with van der Waals surface area (Å²) >= 11 is 0. The van der Waals surface area contributed by atoms with Crippen LogP contribution in [-0.4, -0.2) is 30.6 Å². The molecule has 0 aliphatic carbocycles. The van der Waals surface area contributed by atoms with Crippen LogP contribution in [0.2, 0.25) is 0 Å². The van der Waals surface area contributed by atoms with E-state index in [0.717, 1.165) is 6.29 Å². The zero-order valence-corrected chi connectivity index (χ0v) is 6.87. The molecule has 0 aromatic rings. The molecule has 0 heterocycles. The van der Waals surface area contributed by atoms with Gasteiger partial charge in [-0.3, -0.25) is 4.79 Å². The van der Waals surface area contributed by atoms with Gasteiger partial charge in [0.1, 0.15) is 6.29 Å². The maximum absolute atomic E-state index is 10.3. The number of carbonyl (C=O) groups is 2. The molecular formula is C7H14O4. The minimum absolute atomic E-state index is 0.105. The third kappa shape index (κ3) is 17.6. The third-order valence-corrected chi connectivity index (χ3v) is 0.621. The predicted molar refractivity (Wildman–Crippen MR) is 40.1 cm³/mol. The summed E-state index contributed by atoms with van der Waals surface area (Å²) in [6.07, 6.45) is 0.855. The number of ether oxygens (including phenoxy) is 1. The van der Waals surface area contributed by atoms with Gasteiger partial charge >= 0.3 is 5.97 Å². The van der Waals surface area contributed by atoms with Crippen LogP contribution in [0.4, 0.5) is 0 Å². The molecule has 0 saturated heterocycles. The largest absolute Gasteiger partial charge is 0.466 e. The van der Waals surface area contributed by atoms with Crippen LogP contribution in [0.3, 0.4) is 0 Å². The minimum atomic E-state index is -0.338. The molecule has 66 valence electrons. The van der Waals surface area contributed by atoms with Crippen molar-refractivity contribution in [2.24, 2.45) is 0 Å². The predicted octanol–water partition coefficient (Wildman–Crippen LogP) is 0.137. The molecule has 0 unspecified atom stereocenters. The Morgan fingerprint density at radius 2 is 2.09 bits per heavy atom. The number of hydrogen-bond donors (Lipinski definition) is 1. The molecule has 0 aliphatic rings. The van der Waals surface area contributed by atoms with E-state index in [9.17, 15) is 4.79 Å². The quantitative estimate of drug-likeness (QED) is 0.473. The van der Waals surface area contributed by atoms with Crippen molar-refractivity contribution >= 4 is 12.3 Å². The van der Waals surface area contributed by atoms with Gasteiger partial charge in [0, 0.05) is 0 Å². The molecule has 0 atom stereocenters. The SMILES string of the molecule is CC=O.CCOC(=O)CCO. The number of hydrogen-bond acceptors (Lipinski definition) is 4. The van der Waals surface area contributed by atoms with Crippen molar-refractivity contribution in [2.75, 3.05) is 13.2 Å². The summed E-state index contributed by atoms with van der Waals surface area (Å²) in [5.74, 6) is -0.338. The molecule has 4 nitrogen and oxygen atoms in total. The highest BCUT2D eigenvalue weighted by molar-refractivity contribution is 5.69. The molecule has 0 aromatic carbocycles. The summed E-state index contributed by atoms with van der Waals surface area (Å²) in [5.41, 5.74) is 0. The molecule has 11 heavy (non-hydrogen) atoms. The van der Waals surface area contributed by atoms with Crippen molar-refractivity contribution in [1.29, 1.82) is 0 Å². The number of rotatable bonds is 3. The van der Waals surface area contributed by atoms with Crippen molar-refractivity contribution in [2.45, 2.75) is 20.3 Å². The van der Waals surface area contributed by atoms with Crippen LogP contribution >= 0.6 is 0 Å². The molecule has 0 amide bonds. The summed E-state index contributed by atoms with van der Waals surface area (Å²) in [6, 6.07) is 0. The highest BCUT2D eigenvalue weighted by Gasteiger charge is 1.96. The average Bonchev–Trinajstić information content (AvgIpc) is 1.90. The fourth-order valence-electron chi connectivity index (χ4n) is 0.324. The van der Waals surface area contributed by atoms with E-state index in [-0.39, 0.29) is 19.0 Å². The van der Waals surface area contributed by atoms with E-state index in [4.69, 9.17) is 9.90 Å². The molecule has 0 bridgehead atoms. The van der Waals surface area contributed by atoms with E-state index in [1.807, 2.05) is 0 Å². The number of aldehydes is 1. The van der Waals surface area contributed by atoms with Crippen molar-refractivity contribution in [3.8, 4) is 0 Å². The first-order valence-corrected chi connectivity index (χ1v) is 3.39. The summed E-state index contributed by atoms with van der Waals surface area (Å²) < 4.78 is 4.48. The second-order valence-corrected chi connectivity index (χ2v) is 1.51. The number of aliphatic hydroxyl groups is 1. The van der Waals surface area contributed by atoms with Crippen molar-refractivity contribution in [3.63, 3.8) is 0 Å². The molecule has 0 aromatic heterocycles. The summed E-state index contributed by atoms with van der Waals surface area (Å²) in [4.78, 5) is 19.1. The van der Waals surface area contributed by atoms with E-state index >= 15 is 0 Å². The van der Waals surface area contributed by atoms with Gasteiger partial charge in [-0.1, -0.05) is 0 Å². The van der Waals surface area contributed by atoms with Gasteiger partial charge in [-0.2, -0.15) is 0 Å². The lowest BCUT2D eigenvalue weighted by Crippen LogP contribution is -2.05. The maximum Gasteiger partial charge on any atom is 0.308 e. The number of carbonyl (C=O) groups excluding carboxylic acids is 2. The molecule has 0 radical (unpaired) electrons. The smallest absolute Gasteiger partial charge is 0.308 e. The molecule has 0 spiro atoms. The lowest BCUT2D eigenvalue weighted by molar-refractivity contribution is -0.143. The summed E-state index contributed by atoms with van der Waals surface area (Å²) in [5, 5.41) is 8.16. The average molecular weight is 162 g/mol. The standard InChI is InChI=1S/C5H10O3.C2H4O/c1-2-8-5(7)3-4-6;1-2-3/h6H,2-4H2,1H3;2H,1H3. The van der Waals surface area contributed by atoms with Crippen LogP contribution in [0.15, 0.2) is 0 Å². The zero-order valence-electron chi connectivity index (χ0n) is 6.87. The van der Waals surface area contributed by atoms with Gasteiger partial charge in [-0.25, -0.2) is 0 Å². The van der Waals surface area contributed by atoms with Crippen molar-refractivity contribution in [3.05, 3.63) is 0 Å². The van der Waals surface area contributed by atoms with Crippen LogP contribution < -0.4 is 0 Å². The normalized spacial score (nSPS) is 7.55. The second-order valence-electron chi connectivity index (χ2n) is 1.51. The molecule has 1 N–H and O–H groups in total. The van der Waals surface area contributed by atoms with E-state index in [1.165, 1.54) is 6.92 Å². The van der Waals surface area contributed by atoms with Crippen LogP contribution in [0.5, 0.6) is 0 Å². The lowest BCUT2D eigenvalue weighted by atomic mass is 10.5. The number of aliphatic hydroxyl groups excluding tert-OH is 1. The Hall–Kier alpha value is -0.900. The van der Waals surface area contributed by atoms with Gasteiger partial charge in [0.05, 0.1) is 19.6 Å². The van der Waals surface area contributed by atoms with Gasteiger partial charge in [0.2, 0.25) is 0 Å². The Morgan fingerprint density at radius 1 is 1.64 bits per heavy atom. The first-order valence-electron chi connectivity index (χ1n) is 3.39. The van der Waals surface area contributed by atoms with Gasteiger partial charge < -0.3 is 14.6 Å². The first-order chi connectivity index (χ1) is 5.22. The minimum Gasteiger partial charge on any atom is -0.466 e. The second kappa shape index (κ2) is 11.8. The fraction of sp³-hybridized carbons (Fsp3) is 0.714. The van der Waals surface area contributed by atoms with Crippen LogP contribution in [0.1, 0.15) is 20.3 Å². The molecule has 0 rings (SSSR count). The van der Waals surface area contributed by atoms with Crippen LogP contribution in [0, 0.1) is 0 Å². The monoisotopic (exact) mass is 162 g/mol. The highest BCUT2D eigenvalue weighted by Crippen LogP contribution is 1.82. The van der Waals surface area contributed by atoms with Gasteiger partial charge in [-0.15, -0.1) is 0 Å². The van der Waals surface area contributed by atoms with Crippen molar-refractivity contribution in [1.82, 2.24) is 0 Å². The van der Waals surface area contributed by atoms with Crippen LogP contribution in [-0.2, 0) is 14.3 Å². The van der Waals surface area contributed by atoms with Gasteiger partial charge in [0.25, 0.3) is 0 Å². The first kappa shape index (κ1) is 12.7. The molecule has 0 saturated carbocycles. The maximum atomic E-state index is 10.3. The fourth-order valence-corrected chi connectivity index (χ4v) is 0.324. The summed E-state index contributed by atoms with van der Waals surface area (Å²) in [6.45, 7) is 3.44.